The van der Waals surface area contributed by atoms with Crippen LogP contribution in [0.15, 0.2) is 0 Å². The van der Waals surface area contributed by atoms with E-state index in [-0.39, 0.29) is 32.9 Å². The van der Waals surface area contributed by atoms with E-state index in [1.165, 1.54) is 0 Å². The summed E-state index contributed by atoms with van der Waals surface area (Å²) in [5.74, 6) is 0. The topological polar surface area (TPSA) is 215 Å². The van der Waals surface area contributed by atoms with Gasteiger partial charge in [-0.05, 0) is 0 Å². The Morgan fingerprint density at radius 2 is 0.700 bits per heavy atom. The number of halogens is 2. The molecule has 0 aromatic rings. The Hall–Kier alpha value is 0.794. The monoisotopic (exact) mass is 252 g/mol. The first-order valence-electron chi connectivity index (χ1n) is 0.422. The molecule has 0 aromatic carbocycles. The molecule has 10 heteroatoms. The molecule has 0 aromatic heterocycles. The summed E-state index contributed by atoms with van der Waals surface area (Å²) in [4.78, 5) is 4.68. The molecule has 0 heterocycles. The molecule has 0 bridgehead atoms. The van der Waals surface area contributed by atoms with Crippen LogP contribution < -0.4 is 4.81 Å². The van der Waals surface area contributed by atoms with E-state index in [2.05, 4.69) is 4.81 Å². The molecule has 0 unspecified atom stereocenters. The van der Waals surface area contributed by atoms with E-state index in [9.17, 15) is 0 Å². The molecule has 10 heavy (non-hydrogen) atoms. The normalized spacial score (nSPS) is 4.50. The zero-order chi connectivity index (χ0) is 3.58. The molecule has 79 valence electrons. The van der Waals surface area contributed by atoms with Crippen molar-refractivity contribution in [1.82, 2.24) is 0 Å². The first-order chi connectivity index (χ1) is 1.73. The number of hydrogen-bond acceptors (Lipinski definition) is 1. The van der Waals surface area contributed by atoms with Crippen LogP contribution in [-0.2, 0) is 11.8 Å². The first-order valence-corrected chi connectivity index (χ1v) is 3.71. The molecule has 0 aliphatic carbocycles. The van der Waals surface area contributed by atoms with Gasteiger partial charge in [0.2, 0.25) is 0 Å². The van der Waals surface area contributed by atoms with Gasteiger partial charge in [-0.15, -0.1) is 0 Å². The van der Waals surface area contributed by atoms with Gasteiger partial charge in [-0.2, -0.15) is 0 Å². The Morgan fingerprint density at radius 3 is 0.700 bits per heavy atom. The molecule has 0 saturated carbocycles. The summed E-state index contributed by atoms with van der Waals surface area (Å²) in [6, 6.07) is 0. The number of nitrogens with two attached hydrogens (primary N) is 1. The molecule has 0 radical (unpaired) electrons. The van der Waals surface area contributed by atoms with Crippen molar-refractivity contribution >= 4 is 20.4 Å². The molecule has 0 spiro atoms. The van der Waals surface area contributed by atoms with Crippen LogP contribution in [-0.4, -0.2) is 32.9 Å². The van der Waals surface area contributed by atoms with E-state index in [0.29, 0.717) is 0 Å². The predicted octanol–water partition coefficient (Wildman–Crippen LogP) is -4.16. The van der Waals surface area contributed by atoms with Gasteiger partial charge in [-0.3, -0.25) is 0 Å². The van der Waals surface area contributed by atoms with Crippen molar-refractivity contribution in [1.29, 1.82) is 0 Å². The summed E-state index contributed by atoms with van der Waals surface area (Å²) in [6.45, 7) is 0. The molecule has 14 N–H and O–H groups in total. The van der Waals surface area contributed by atoms with E-state index < -0.39 is 11.8 Å². The van der Waals surface area contributed by atoms with Gasteiger partial charge in [0.1, 0.15) is 0 Å². The molecule has 0 aliphatic rings. The van der Waals surface area contributed by atoms with Gasteiger partial charge in [0.15, 0.2) is 0 Å². The first kappa shape index (κ1) is 71.9. The van der Waals surface area contributed by atoms with Crippen LogP contribution in [0.1, 0.15) is 0 Å². The van der Waals surface area contributed by atoms with Crippen molar-refractivity contribution in [3.05, 3.63) is 0 Å². The van der Waals surface area contributed by atoms with Crippen molar-refractivity contribution < 1.29 is 44.7 Å². The van der Waals surface area contributed by atoms with E-state index in [1.54, 1.807) is 0 Å². The Morgan fingerprint density at radius 1 is 0.700 bits per heavy atom. The second-order valence-corrected chi connectivity index (χ2v) is 3.38. The van der Waals surface area contributed by atoms with Gasteiger partial charge in [0.25, 0.3) is 0 Å². The van der Waals surface area contributed by atoms with E-state index in [4.69, 9.17) is 20.4 Å². The van der Waals surface area contributed by atoms with E-state index >= 15 is 0 Å². The van der Waals surface area contributed by atoms with Gasteiger partial charge in [0.05, 0.1) is 0 Å². The standard InChI is InChI=1S/2ClH.H2N.Ni.6H2O/h2*1H;1H2;;6*1H2/q;;-1;+3;;;;;;/p-2. The number of hydrogen-bond donors (Lipinski definition) is 1. The van der Waals surface area contributed by atoms with Crippen molar-refractivity contribution in [2.24, 2.45) is 4.81 Å². The third kappa shape index (κ3) is 848. The summed E-state index contributed by atoms with van der Waals surface area (Å²) in [7, 11) is 9.72. The van der Waals surface area contributed by atoms with E-state index in [1.807, 2.05) is 0 Å². The van der Waals surface area contributed by atoms with Crippen molar-refractivity contribution in [3.63, 3.8) is 0 Å². The Labute approximate surface area is 70.3 Å². The fourth-order valence-corrected chi connectivity index (χ4v) is 0. The second-order valence-electron chi connectivity index (χ2n) is 0.183. The zero-order valence-corrected chi connectivity index (χ0v) is 7.15. The quantitative estimate of drug-likeness (QED) is 0.418. The summed E-state index contributed by atoms with van der Waals surface area (Å²) >= 11 is -1.01. The van der Waals surface area contributed by atoms with Crippen LogP contribution in [0, 0.1) is 0 Å². The second kappa shape index (κ2) is 52.6. The third-order valence-corrected chi connectivity index (χ3v) is 0. The summed E-state index contributed by atoms with van der Waals surface area (Å²) in [6.07, 6.45) is 0. The van der Waals surface area contributed by atoms with Gasteiger partial charge in [-0.25, -0.2) is 0 Å². The molecule has 0 aliphatic heterocycles. The van der Waals surface area contributed by atoms with Crippen molar-refractivity contribution in [2.75, 3.05) is 0 Å². The molecule has 0 atom stereocenters. The molecule has 0 amide bonds. The van der Waals surface area contributed by atoms with Crippen molar-refractivity contribution in [2.45, 2.75) is 0 Å². The minimum atomic E-state index is -1.01. The van der Waals surface area contributed by atoms with Gasteiger partial charge in [0, 0.05) is 0 Å². The van der Waals surface area contributed by atoms with Crippen LogP contribution in [0.4, 0.5) is 0 Å². The average molecular weight is 254 g/mol. The molecule has 7 nitrogen and oxygen atoms in total. The van der Waals surface area contributed by atoms with Gasteiger partial charge >= 0.3 is 37.0 Å². The fraction of sp³-hybridized carbons (Fsp3) is 0. The predicted molar refractivity (Wildman–Crippen MR) is 37.6 cm³/mol. The van der Waals surface area contributed by atoms with Crippen LogP contribution in [0.2, 0.25) is 0 Å². The number of rotatable bonds is 0. The average Bonchev–Trinajstić information content (AvgIpc) is 0.811. The molecule has 0 saturated heterocycles. The molecular weight excluding hydrogens is 240 g/mol. The maximum absolute atomic E-state index is 4.86. The van der Waals surface area contributed by atoms with Crippen LogP contribution in [0.3, 0.4) is 0 Å². The van der Waals surface area contributed by atoms with Gasteiger partial charge in [-0.1, -0.05) is 0 Å². The third-order valence-electron chi connectivity index (χ3n) is 0. The SMILES string of the molecule is O.O.O.O.O.O.[NH2][Ni]([Cl])[Cl]. The molecule has 0 rings (SSSR count). The van der Waals surface area contributed by atoms with Crippen LogP contribution in [0.25, 0.3) is 0 Å². The zero-order valence-electron chi connectivity index (χ0n) is 4.65. The maximum atomic E-state index is 4.86. The molecular formula is H14Cl2NNiO6. The summed E-state index contributed by atoms with van der Waals surface area (Å²) < 4.78 is 0. The Bertz CT molecular complexity index is 20.5. The summed E-state index contributed by atoms with van der Waals surface area (Å²) in [5.41, 5.74) is 0. The Balaban J connectivity index is -0.00000000300. The fourth-order valence-electron chi connectivity index (χ4n) is 0. The van der Waals surface area contributed by atoms with Crippen molar-refractivity contribution in [3.8, 4) is 0 Å². The molecule has 0 fully saturated rings. The van der Waals surface area contributed by atoms with E-state index in [0.717, 1.165) is 0 Å². The van der Waals surface area contributed by atoms with Crippen LogP contribution >= 0.6 is 20.4 Å². The Kier molecular flexibility index (Phi) is 379. The van der Waals surface area contributed by atoms with Crippen LogP contribution in [0.5, 0.6) is 0 Å². The van der Waals surface area contributed by atoms with Gasteiger partial charge < -0.3 is 32.9 Å². The minimum absolute atomic E-state index is 0. The summed E-state index contributed by atoms with van der Waals surface area (Å²) in [5, 5.41) is 0.